The van der Waals surface area contributed by atoms with Crippen molar-refractivity contribution in [1.29, 1.82) is 0 Å². The Kier molecular flexibility index (Phi) is 6.53. The van der Waals surface area contributed by atoms with Crippen LogP contribution in [0.25, 0.3) is 0 Å². The van der Waals surface area contributed by atoms with Crippen LogP contribution >= 0.6 is 0 Å². The second-order valence-electron chi connectivity index (χ2n) is 5.63. The average molecular weight is 263 g/mol. The molecule has 108 valence electrons. The SMILES string of the molecule is CCC(CC)C(O)CNC(C)c1cc(C)ccc1C. The lowest BCUT2D eigenvalue weighted by Crippen LogP contribution is -2.34. The normalized spacial score (nSPS) is 14.7. The number of benzene rings is 1. The minimum absolute atomic E-state index is 0.248. The number of hydrogen-bond donors (Lipinski definition) is 2. The quantitative estimate of drug-likeness (QED) is 0.785. The zero-order valence-electron chi connectivity index (χ0n) is 13.0. The van der Waals surface area contributed by atoms with E-state index in [9.17, 15) is 5.11 Å². The molecule has 1 aromatic carbocycles. The lowest BCUT2D eigenvalue weighted by molar-refractivity contribution is 0.0988. The van der Waals surface area contributed by atoms with Crippen LogP contribution in [0.1, 0.15) is 56.3 Å². The van der Waals surface area contributed by atoms with E-state index >= 15 is 0 Å². The van der Waals surface area contributed by atoms with E-state index in [0.717, 1.165) is 12.8 Å². The molecule has 0 bridgehead atoms. The molecule has 2 heteroatoms. The summed E-state index contributed by atoms with van der Waals surface area (Å²) < 4.78 is 0. The topological polar surface area (TPSA) is 32.3 Å². The van der Waals surface area contributed by atoms with Gasteiger partial charge in [-0.25, -0.2) is 0 Å². The molecule has 2 unspecified atom stereocenters. The molecular formula is C17H29NO. The van der Waals surface area contributed by atoms with Crippen molar-refractivity contribution in [3.8, 4) is 0 Å². The second kappa shape index (κ2) is 7.66. The van der Waals surface area contributed by atoms with Crippen LogP contribution in [0.3, 0.4) is 0 Å². The van der Waals surface area contributed by atoms with Crippen molar-refractivity contribution in [3.05, 3.63) is 34.9 Å². The molecule has 19 heavy (non-hydrogen) atoms. The fourth-order valence-corrected chi connectivity index (χ4v) is 2.63. The maximum Gasteiger partial charge on any atom is 0.0692 e. The Balaban J connectivity index is 2.60. The standard InChI is InChI=1S/C17H29NO/c1-6-15(7-2)17(19)11-18-14(5)16-10-12(3)8-9-13(16)4/h8-10,14-15,17-19H,6-7,11H2,1-5H3. The molecule has 0 aliphatic carbocycles. The third-order valence-corrected chi connectivity index (χ3v) is 4.13. The van der Waals surface area contributed by atoms with Gasteiger partial charge in [0, 0.05) is 12.6 Å². The third-order valence-electron chi connectivity index (χ3n) is 4.13. The molecule has 0 saturated heterocycles. The number of aliphatic hydroxyl groups is 1. The van der Waals surface area contributed by atoms with Crippen LogP contribution in [-0.2, 0) is 0 Å². The van der Waals surface area contributed by atoms with Crippen molar-refractivity contribution in [2.45, 2.75) is 59.6 Å². The monoisotopic (exact) mass is 263 g/mol. The minimum Gasteiger partial charge on any atom is -0.392 e. The number of aryl methyl sites for hydroxylation is 2. The summed E-state index contributed by atoms with van der Waals surface area (Å²) in [6.45, 7) is 11.4. The Labute approximate surface area is 118 Å². The predicted octanol–water partition coefficient (Wildman–Crippen LogP) is 3.75. The first-order valence-electron chi connectivity index (χ1n) is 7.48. The van der Waals surface area contributed by atoms with Gasteiger partial charge in [0.05, 0.1) is 6.10 Å². The number of aliphatic hydroxyl groups excluding tert-OH is 1. The fourth-order valence-electron chi connectivity index (χ4n) is 2.63. The molecule has 0 aliphatic heterocycles. The maximum atomic E-state index is 10.2. The fraction of sp³-hybridized carbons (Fsp3) is 0.647. The number of rotatable bonds is 7. The van der Waals surface area contributed by atoms with Crippen LogP contribution in [0.4, 0.5) is 0 Å². The highest BCUT2D eigenvalue weighted by molar-refractivity contribution is 5.32. The highest BCUT2D eigenvalue weighted by Gasteiger charge is 2.17. The molecule has 1 aromatic rings. The van der Waals surface area contributed by atoms with E-state index in [1.54, 1.807) is 0 Å². The van der Waals surface area contributed by atoms with Crippen LogP contribution in [0.5, 0.6) is 0 Å². The van der Waals surface area contributed by atoms with E-state index < -0.39 is 0 Å². The van der Waals surface area contributed by atoms with Gasteiger partial charge >= 0.3 is 0 Å². The molecule has 0 spiro atoms. The van der Waals surface area contributed by atoms with E-state index in [2.05, 4.69) is 58.1 Å². The highest BCUT2D eigenvalue weighted by Crippen LogP contribution is 2.19. The highest BCUT2D eigenvalue weighted by atomic mass is 16.3. The predicted molar refractivity (Wildman–Crippen MR) is 82.4 cm³/mol. The van der Waals surface area contributed by atoms with Crippen LogP contribution < -0.4 is 5.32 Å². The van der Waals surface area contributed by atoms with Crippen molar-refractivity contribution in [1.82, 2.24) is 5.32 Å². The van der Waals surface area contributed by atoms with Gasteiger partial charge in [-0.3, -0.25) is 0 Å². The summed E-state index contributed by atoms with van der Waals surface area (Å²) in [5, 5.41) is 13.6. The maximum absolute atomic E-state index is 10.2. The smallest absolute Gasteiger partial charge is 0.0692 e. The van der Waals surface area contributed by atoms with Crippen LogP contribution in [-0.4, -0.2) is 17.8 Å². The van der Waals surface area contributed by atoms with Gasteiger partial charge in [-0.1, -0.05) is 50.5 Å². The number of nitrogens with one attached hydrogen (secondary N) is 1. The van der Waals surface area contributed by atoms with Crippen molar-refractivity contribution in [3.63, 3.8) is 0 Å². The molecule has 0 heterocycles. The Hall–Kier alpha value is -0.860. The lowest BCUT2D eigenvalue weighted by Gasteiger charge is -2.24. The summed E-state index contributed by atoms with van der Waals surface area (Å²) >= 11 is 0. The van der Waals surface area contributed by atoms with Gasteiger partial charge in [0.1, 0.15) is 0 Å². The van der Waals surface area contributed by atoms with Crippen LogP contribution in [0.15, 0.2) is 18.2 Å². The van der Waals surface area contributed by atoms with Gasteiger partial charge in [0.15, 0.2) is 0 Å². The van der Waals surface area contributed by atoms with E-state index in [1.165, 1.54) is 16.7 Å². The Bertz CT molecular complexity index is 385. The van der Waals surface area contributed by atoms with Crippen molar-refractivity contribution in [2.24, 2.45) is 5.92 Å². The molecule has 0 fully saturated rings. The lowest BCUT2D eigenvalue weighted by atomic mass is 9.95. The Morgan fingerprint density at radius 3 is 2.37 bits per heavy atom. The molecule has 2 nitrogen and oxygen atoms in total. The molecule has 2 N–H and O–H groups in total. The molecule has 2 atom stereocenters. The second-order valence-corrected chi connectivity index (χ2v) is 5.63. The van der Waals surface area contributed by atoms with Crippen LogP contribution in [0.2, 0.25) is 0 Å². The summed E-state index contributed by atoms with van der Waals surface area (Å²) in [6, 6.07) is 6.82. The summed E-state index contributed by atoms with van der Waals surface area (Å²) in [4.78, 5) is 0. The molecule has 0 radical (unpaired) electrons. The minimum atomic E-state index is -0.248. The summed E-state index contributed by atoms with van der Waals surface area (Å²) in [6.07, 6.45) is 1.83. The first kappa shape index (κ1) is 16.2. The summed E-state index contributed by atoms with van der Waals surface area (Å²) in [5.41, 5.74) is 3.93. The largest absolute Gasteiger partial charge is 0.392 e. The average Bonchev–Trinajstić information content (AvgIpc) is 2.40. The zero-order valence-corrected chi connectivity index (χ0v) is 13.0. The van der Waals surface area contributed by atoms with Crippen molar-refractivity contribution < 1.29 is 5.11 Å². The molecule has 0 aliphatic rings. The van der Waals surface area contributed by atoms with E-state index in [0.29, 0.717) is 12.5 Å². The molecule has 0 aromatic heterocycles. The van der Waals surface area contributed by atoms with Gasteiger partial charge < -0.3 is 10.4 Å². The molecule has 0 amide bonds. The van der Waals surface area contributed by atoms with Gasteiger partial charge in [-0.2, -0.15) is 0 Å². The Morgan fingerprint density at radius 1 is 1.16 bits per heavy atom. The summed E-state index contributed by atoms with van der Waals surface area (Å²) in [7, 11) is 0. The third kappa shape index (κ3) is 4.63. The molecule has 0 saturated carbocycles. The van der Waals surface area contributed by atoms with E-state index in [-0.39, 0.29) is 12.1 Å². The van der Waals surface area contributed by atoms with E-state index in [4.69, 9.17) is 0 Å². The first-order chi connectivity index (χ1) is 8.99. The molecular weight excluding hydrogens is 234 g/mol. The van der Waals surface area contributed by atoms with Crippen LogP contribution in [0, 0.1) is 19.8 Å². The van der Waals surface area contributed by atoms with Crippen molar-refractivity contribution >= 4 is 0 Å². The van der Waals surface area contributed by atoms with Gasteiger partial charge in [-0.15, -0.1) is 0 Å². The summed E-state index contributed by atoms with van der Waals surface area (Å²) in [5.74, 6) is 0.401. The first-order valence-corrected chi connectivity index (χ1v) is 7.48. The Morgan fingerprint density at radius 2 is 1.79 bits per heavy atom. The van der Waals surface area contributed by atoms with Gasteiger partial charge in [-0.05, 0) is 37.8 Å². The zero-order chi connectivity index (χ0) is 14.4. The van der Waals surface area contributed by atoms with Crippen molar-refractivity contribution in [2.75, 3.05) is 6.54 Å². The van der Waals surface area contributed by atoms with Gasteiger partial charge in [0.25, 0.3) is 0 Å². The molecule has 1 rings (SSSR count). The number of hydrogen-bond acceptors (Lipinski definition) is 2. The van der Waals surface area contributed by atoms with E-state index in [1.807, 2.05) is 0 Å². The van der Waals surface area contributed by atoms with Gasteiger partial charge in [0.2, 0.25) is 0 Å².